The monoisotopic (exact) mass is 298 g/mol. The summed E-state index contributed by atoms with van der Waals surface area (Å²) in [6, 6.07) is 12.1. The SMILES string of the molecule is O=C(C=CC(=O)Nc1cccc(O)c1)Nc1cccc(O)c1. The molecule has 0 aromatic heterocycles. The lowest BCUT2D eigenvalue weighted by atomic mass is 10.3. The van der Waals surface area contributed by atoms with E-state index < -0.39 is 11.8 Å². The van der Waals surface area contributed by atoms with E-state index in [0.29, 0.717) is 11.4 Å². The Hall–Kier alpha value is -3.28. The highest BCUT2D eigenvalue weighted by Gasteiger charge is 2.02. The second-order valence-corrected chi connectivity index (χ2v) is 4.41. The van der Waals surface area contributed by atoms with Gasteiger partial charge in [-0.05, 0) is 24.3 Å². The summed E-state index contributed by atoms with van der Waals surface area (Å²) in [6.07, 6.45) is 2.14. The van der Waals surface area contributed by atoms with Crippen molar-refractivity contribution in [3.05, 3.63) is 60.7 Å². The van der Waals surface area contributed by atoms with Crippen molar-refractivity contribution < 1.29 is 19.8 Å². The molecule has 0 radical (unpaired) electrons. The minimum Gasteiger partial charge on any atom is -0.508 e. The molecule has 0 fully saturated rings. The Bertz CT molecular complexity index is 664. The van der Waals surface area contributed by atoms with Gasteiger partial charge in [-0.25, -0.2) is 0 Å². The molecule has 0 heterocycles. The van der Waals surface area contributed by atoms with Crippen molar-refractivity contribution in [2.24, 2.45) is 0 Å². The zero-order valence-corrected chi connectivity index (χ0v) is 11.5. The summed E-state index contributed by atoms with van der Waals surface area (Å²) >= 11 is 0. The van der Waals surface area contributed by atoms with Crippen molar-refractivity contribution in [2.75, 3.05) is 10.6 Å². The molecule has 6 nitrogen and oxygen atoms in total. The van der Waals surface area contributed by atoms with Gasteiger partial charge >= 0.3 is 0 Å². The summed E-state index contributed by atoms with van der Waals surface area (Å²) in [7, 11) is 0. The second kappa shape index (κ2) is 6.94. The van der Waals surface area contributed by atoms with E-state index in [0.717, 1.165) is 12.2 Å². The van der Waals surface area contributed by atoms with Crippen LogP contribution in [-0.4, -0.2) is 22.0 Å². The Balaban J connectivity index is 1.90. The summed E-state index contributed by atoms with van der Waals surface area (Å²) in [6.45, 7) is 0. The fourth-order valence-corrected chi connectivity index (χ4v) is 1.69. The number of phenols is 2. The quantitative estimate of drug-likeness (QED) is 0.650. The van der Waals surface area contributed by atoms with Gasteiger partial charge in [0.2, 0.25) is 11.8 Å². The molecule has 0 aliphatic carbocycles. The van der Waals surface area contributed by atoms with E-state index in [2.05, 4.69) is 10.6 Å². The topological polar surface area (TPSA) is 98.7 Å². The van der Waals surface area contributed by atoms with Gasteiger partial charge in [-0.2, -0.15) is 0 Å². The van der Waals surface area contributed by atoms with Crippen LogP contribution in [0.4, 0.5) is 11.4 Å². The summed E-state index contributed by atoms with van der Waals surface area (Å²) in [5.74, 6) is -0.944. The zero-order chi connectivity index (χ0) is 15.9. The molecule has 0 bridgehead atoms. The molecule has 0 unspecified atom stereocenters. The van der Waals surface area contributed by atoms with Gasteiger partial charge in [0.05, 0.1) is 0 Å². The van der Waals surface area contributed by atoms with E-state index in [4.69, 9.17) is 0 Å². The molecule has 112 valence electrons. The number of hydrogen-bond acceptors (Lipinski definition) is 4. The van der Waals surface area contributed by atoms with Gasteiger partial charge in [0.15, 0.2) is 0 Å². The number of phenolic OH excluding ortho intramolecular Hbond substituents is 2. The number of carbonyl (C=O) groups is 2. The molecule has 0 aliphatic rings. The molecule has 22 heavy (non-hydrogen) atoms. The Labute approximate surface area is 126 Å². The van der Waals surface area contributed by atoms with E-state index >= 15 is 0 Å². The van der Waals surface area contributed by atoms with Gasteiger partial charge in [0.1, 0.15) is 11.5 Å². The number of hydrogen-bond donors (Lipinski definition) is 4. The lowest BCUT2D eigenvalue weighted by Gasteiger charge is -2.03. The van der Waals surface area contributed by atoms with Crippen LogP contribution in [0.3, 0.4) is 0 Å². The average Bonchev–Trinajstić information content (AvgIpc) is 2.45. The van der Waals surface area contributed by atoms with Crippen molar-refractivity contribution in [2.45, 2.75) is 0 Å². The van der Waals surface area contributed by atoms with E-state index in [1.807, 2.05) is 0 Å². The van der Waals surface area contributed by atoms with Crippen molar-refractivity contribution in [1.29, 1.82) is 0 Å². The first-order chi connectivity index (χ1) is 10.5. The normalized spacial score (nSPS) is 10.4. The third-order valence-electron chi connectivity index (χ3n) is 2.61. The summed E-state index contributed by atoms with van der Waals surface area (Å²) in [5, 5.41) is 23.6. The van der Waals surface area contributed by atoms with Gasteiger partial charge in [-0.15, -0.1) is 0 Å². The smallest absolute Gasteiger partial charge is 0.248 e. The molecular weight excluding hydrogens is 284 g/mol. The Kier molecular flexibility index (Phi) is 4.77. The highest BCUT2D eigenvalue weighted by atomic mass is 16.3. The number of amides is 2. The maximum atomic E-state index is 11.6. The van der Waals surface area contributed by atoms with Crippen LogP contribution in [0.5, 0.6) is 11.5 Å². The summed E-state index contributed by atoms with van der Waals surface area (Å²) in [5.41, 5.74) is 0.839. The van der Waals surface area contributed by atoms with Gasteiger partial charge in [-0.3, -0.25) is 9.59 Å². The van der Waals surface area contributed by atoms with Crippen LogP contribution < -0.4 is 10.6 Å². The van der Waals surface area contributed by atoms with E-state index in [-0.39, 0.29) is 11.5 Å². The second-order valence-electron chi connectivity index (χ2n) is 4.41. The van der Waals surface area contributed by atoms with Crippen molar-refractivity contribution in [1.82, 2.24) is 0 Å². The third kappa shape index (κ3) is 4.68. The van der Waals surface area contributed by atoms with E-state index in [1.54, 1.807) is 24.3 Å². The molecule has 0 atom stereocenters. The number of carbonyl (C=O) groups excluding carboxylic acids is 2. The minimum absolute atomic E-state index is 0.0309. The van der Waals surface area contributed by atoms with Gasteiger partial charge in [0.25, 0.3) is 0 Å². The number of benzene rings is 2. The molecule has 0 saturated heterocycles. The predicted octanol–water partition coefficient (Wildman–Crippen LogP) is 2.23. The number of rotatable bonds is 4. The van der Waals surface area contributed by atoms with Crippen LogP contribution in [-0.2, 0) is 9.59 Å². The standard InChI is InChI=1S/C16H14N2O4/c19-13-5-1-3-11(9-13)17-15(21)7-8-16(22)18-12-4-2-6-14(20)10-12/h1-10,19-20H,(H,17,21)(H,18,22). The Morgan fingerprint density at radius 3 is 1.55 bits per heavy atom. The molecule has 2 rings (SSSR count). The Morgan fingerprint density at radius 1 is 0.773 bits per heavy atom. The zero-order valence-electron chi connectivity index (χ0n) is 11.5. The highest BCUT2D eigenvalue weighted by molar-refractivity contribution is 6.06. The number of aromatic hydroxyl groups is 2. The molecule has 0 saturated carbocycles. The average molecular weight is 298 g/mol. The van der Waals surface area contributed by atoms with Gasteiger partial charge < -0.3 is 20.8 Å². The van der Waals surface area contributed by atoms with Crippen molar-refractivity contribution in [3.8, 4) is 11.5 Å². The third-order valence-corrected chi connectivity index (χ3v) is 2.61. The fraction of sp³-hybridized carbons (Fsp3) is 0. The van der Waals surface area contributed by atoms with Crippen molar-refractivity contribution in [3.63, 3.8) is 0 Å². The first kappa shape index (κ1) is 15.1. The van der Waals surface area contributed by atoms with Gasteiger partial charge in [0, 0.05) is 35.7 Å². The van der Waals surface area contributed by atoms with Crippen LogP contribution in [0.2, 0.25) is 0 Å². The lowest BCUT2D eigenvalue weighted by Crippen LogP contribution is -2.11. The minimum atomic E-state index is -0.503. The largest absolute Gasteiger partial charge is 0.508 e. The first-order valence-electron chi connectivity index (χ1n) is 6.41. The maximum absolute atomic E-state index is 11.6. The summed E-state index contributed by atoms with van der Waals surface area (Å²) < 4.78 is 0. The molecular formula is C16H14N2O4. The highest BCUT2D eigenvalue weighted by Crippen LogP contribution is 2.16. The van der Waals surface area contributed by atoms with E-state index in [1.165, 1.54) is 24.3 Å². The number of nitrogens with one attached hydrogen (secondary N) is 2. The molecule has 2 aromatic carbocycles. The van der Waals surface area contributed by atoms with Crippen LogP contribution >= 0.6 is 0 Å². The van der Waals surface area contributed by atoms with E-state index in [9.17, 15) is 19.8 Å². The fourth-order valence-electron chi connectivity index (χ4n) is 1.69. The molecule has 4 N–H and O–H groups in total. The van der Waals surface area contributed by atoms with Crippen LogP contribution in [0.15, 0.2) is 60.7 Å². The molecule has 6 heteroatoms. The predicted molar refractivity (Wildman–Crippen MR) is 82.6 cm³/mol. The molecule has 0 spiro atoms. The number of anilines is 2. The lowest BCUT2D eigenvalue weighted by molar-refractivity contribution is -0.114. The van der Waals surface area contributed by atoms with Crippen LogP contribution in [0.1, 0.15) is 0 Å². The van der Waals surface area contributed by atoms with Crippen LogP contribution in [0.25, 0.3) is 0 Å². The van der Waals surface area contributed by atoms with Crippen LogP contribution in [0, 0.1) is 0 Å². The van der Waals surface area contributed by atoms with Crippen molar-refractivity contribution >= 4 is 23.2 Å². The molecule has 0 aliphatic heterocycles. The van der Waals surface area contributed by atoms with Gasteiger partial charge in [-0.1, -0.05) is 12.1 Å². The molecule has 2 aromatic rings. The first-order valence-corrected chi connectivity index (χ1v) is 6.41. The Morgan fingerprint density at radius 2 is 1.18 bits per heavy atom. The molecule has 2 amide bonds. The summed E-state index contributed by atoms with van der Waals surface area (Å²) in [4.78, 5) is 23.3. The maximum Gasteiger partial charge on any atom is 0.248 e.